The molecule has 0 bridgehead atoms. The molecular formula is C15H15N3O3S2. The van der Waals surface area contributed by atoms with Gasteiger partial charge >= 0.3 is 5.97 Å². The second-order valence-electron chi connectivity index (χ2n) is 4.82. The summed E-state index contributed by atoms with van der Waals surface area (Å²) < 4.78 is 7.74. The van der Waals surface area contributed by atoms with Gasteiger partial charge in [0.25, 0.3) is 5.91 Å². The minimum atomic E-state index is -0.446. The number of nitrogens with zero attached hydrogens (tertiary/aromatic N) is 2. The highest BCUT2D eigenvalue weighted by Gasteiger charge is 2.20. The smallest absolute Gasteiger partial charge is 0.350 e. The van der Waals surface area contributed by atoms with Crippen LogP contribution in [-0.4, -0.2) is 28.5 Å². The Morgan fingerprint density at radius 1 is 1.43 bits per heavy atom. The molecule has 3 rings (SSSR count). The average molecular weight is 349 g/mol. The number of thiophene rings is 1. The number of methoxy groups -OCH3 is 1. The number of esters is 1. The van der Waals surface area contributed by atoms with Gasteiger partial charge in [-0.1, -0.05) is 11.3 Å². The Hall–Kier alpha value is -2.19. The number of rotatable bonds is 4. The number of carbonyl (C=O) groups is 2. The van der Waals surface area contributed by atoms with Crippen LogP contribution < -0.4 is 5.32 Å². The second kappa shape index (κ2) is 6.13. The van der Waals surface area contributed by atoms with Gasteiger partial charge in [-0.3, -0.25) is 10.1 Å². The highest BCUT2D eigenvalue weighted by Crippen LogP contribution is 2.27. The summed E-state index contributed by atoms with van der Waals surface area (Å²) >= 11 is 2.71. The molecule has 0 radical (unpaired) electrons. The van der Waals surface area contributed by atoms with Crippen LogP contribution in [0.2, 0.25) is 0 Å². The molecule has 8 heteroatoms. The Kier molecular flexibility index (Phi) is 4.18. The first kappa shape index (κ1) is 15.7. The molecule has 0 aromatic carbocycles. The summed E-state index contributed by atoms with van der Waals surface area (Å²) in [7, 11) is 1.32. The zero-order chi connectivity index (χ0) is 16.6. The minimum absolute atomic E-state index is 0.236. The van der Waals surface area contributed by atoms with Gasteiger partial charge in [0.05, 0.1) is 23.0 Å². The number of thiazole rings is 1. The Morgan fingerprint density at radius 3 is 2.91 bits per heavy atom. The summed E-state index contributed by atoms with van der Waals surface area (Å²) in [5.74, 6) is -0.682. The maximum atomic E-state index is 12.5. The molecule has 0 spiro atoms. The number of aromatic nitrogens is 2. The van der Waals surface area contributed by atoms with Gasteiger partial charge in [-0.2, -0.15) is 0 Å². The summed E-state index contributed by atoms with van der Waals surface area (Å²) in [6.45, 7) is 4.41. The maximum absolute atomic E-state index is 12.5. The highest BCUT2D eigenvalue weighted by molar-refractivity contribution is 7.18. The van der Waals surface area contributed by atoms with Crippen LogP contribution in [0.5, 0.6) is 0 Å². The van der Waals surface area contributed by atoms with Gasteiger partial charge in [0.15, 0.2) is 5.13 Å². The third kappa shape index (κ3) is 2.75. The number of anilines is 1. The molecule has 120 valence electrons. The number of carbonyl (C=O) groups excluding carboxylic acids is 2. The standard InChI is InChI=1S/C15H15N3O3S2/c1-4-18-9-5-6-22-11(9)7-10(18)13(19)17-15-16-8(2)12(23-15)14(20)21-3/h5-7H,4H2,1-3H3,(H,16,17,19). The molecule has 3 aromatic heterocycles. The van der Waals surface area contributed by atoms with Crippen molar-refractivity contribution in [1.29, 1.82) is 0 Å². The van der Waals surface area contributed by atoms with E-state index in [-0.39, 0.29) is 5.91 Å². The lowest BCUT2D eigenvalue weighted by molar-refractivity contribution is 0.0605. The van der Waals surface area contributed by atoms with Crippen LogP contribution in [-0.2, 0) is 11.3 Å². The van der Waals surface area contributed by atoms with Crippen molar-refractivity contribution in [2.45, 2.75) is 20.4 Å². The van der Waals surface area contributed by atoms with Crippen LogP contribution in [0.25, 0.3) is 10.2 Å². The Bertz CT molecular complexity index is 891. The van der Waals surface area contributed by atoms with Crippen LogP contribution in [0.1, 0.15) is 32.8 Å². The van der Waals surface area contributed by atoms with Gasteiger partial charge in [-0.15, -0.1) is 11.3 Å². The van der Waals surface area contributed by atoms with Crippen LogP contribution in [0, 0.1) is 6.92 Å². The number of fused-ring (bicyclic) bond motifs is 1. The fourth-order valence-electron chi connectivity index (χ4n) is 2.40. The Morgan fingerprint density at radius 2 is 2.22 bits per heavy atom. The van der Waals surface area contributed by atoms with E-state index in [1.807, 2.05) is 29.0 Å². The summed E-state index contributed by atoms with van der Waals surface area (Å²) in [5, 5.41) is 5.16. The summed E-state index contributed by atoms with van der Waals surface area (Å²) in [5.41, 5.74) is 2.18. The van der Waals surface area contributed by atoms with E-state index in [2.05, 4.69) is 10.3 Å². The predicted octanol–water partition coefficient (Wildman–Crippen LogP) is 3.53. The number of aryl methyl sites for hydroxylation is 2. The molecule has 23 heavy (non-hydrogen) atoms. The third-order valence-corrected chi connectivity index (χ3v) is 5.37. The summed E-state index contributed by atoms with van der Waals surface area (Å²) in [6, 6.07) is 3.88. The SMILES string of the molecule is CCn1c(C(=O)Nc2nc(C)c(C(=O)OC)s2)cc2sccc21. The molecule has 1 amide bonds. The molecule has 0 aliphatic rings. The van der Waals surface area contributed by atoms with Crippen molar-refractivity contribution in [2.75, 3.05) is 12.4 Å². The van der Waals surface area contributed by atoms with Gasteiger partial charge in [0.1, 0.15) is 10.6 Å². The summed E-state index contributed by atoms with van der Waals surface area (Å²) in [6.07, 6.45) is 0. The van der Waals surface area contributed by atoms with Crippen LogP contribution in [0.4, 0.5) is 5.13 Å². The van der Waals surface area contributed by atoms with Gasteiger partial charge < -0.3 is 9.30 Å². The molecule has 0 unspecified atom stereocenters. The van der Waals surface area contributed by atoms with E-state index in [0.29, 0.717) is 27.9 Å². The molecule has 1 N–H and O–H groups in total. The lowest BCUT2D eigenvalue weighted by Gasteiger charge is -2.06. The van der Waals surface area contributed by atoms with Crippen molar-refractivity contribution in [3.63, 3.8) is 0 Å². The molecule has 0 saturated heterocycles. The number of ether oxygens (including phenoxy) is 1. The average Bonchev–Trinajstić information content (AvgIpc) is 3.20. The fraction of sp³-hybridized carbons (Fsp3) is 0.267. The largest absolute Gasteiger partial charge is 0.465 e. The van der Waals surface area contributed by atoms with E-state index in [4.69, 9.17) is 4.74 Å². The molecule has 0 aliphatic carbocycles. The molecular weight excluding hydrogens is 334 g/mol. The van der Waals surface area contributed by atoms with Crippen molar-refractivity contribution in [3.05, 3.63) is 33.8 Å². The quantitative estimate of drug-likeness (QED) is 0.731. The number of hydrogen-bond donors (Lipinski definition) is 1. The lowest BCUT2D eigenvalue weighted by Crippen LogP contribution is -2.16. The number of amides is 1. The van der Waals surface area contributed by atoms with E-state index in [1.54, 1.807) is 18.3 Å². The molecule has 0 atom stereocenters. The van der Waals surface area contributed by atoms with E-state index >= 15 is 0 Å². The lowest BCUT2D eigenvalue weighted by atomic mass is 10.4. The number of nitrogens with one attached hydrogen (secondary N) is 1. The molecule has 0 aliphatic heterocycles. The Balaban J connectivity index is 1.89. The van der Waals surface area contributed by atoms with Gasteiger partial charge in [-0.25, -0.2) is 9.78 Å². The highest BCUT2D eigenvalue weighted by atomic mass is 32.1. The fourth-order valence-corrected chi connectivity index (χ4v) is 4.10. The van der Waals surface area contributed by atoms with Gasteiger partial charge in [0, 0.05) is 6.54 Å². The van der Waals surface area contributed by atoms with Crippen LogP contribution in [0.15, 0.2) is 17.5 Å². The predicted molar refractivity (Wildman–Crippen MR) is 91.6 cm³/mol. The van der Waals surface area contributed by atoms with Gasteiger partial charge in [0.2, 0.25) is 0 Å². The second-order valence-corrected chi connectivity index (χ2v) is 6.77. The summed E-state index contributed by atoms with van der Waals surface area (Å²) in [4.78, 5) is 28.8. The first-order valence-corrected chi connectivity index (χ1v) is 8.68. The molecule has 0 fully saturated rings. The van der Waals surface area contributed by atoms with Gasteiger partial charge in [-0.05, 0) is 31.4 Å². The van der Waals surface area contributed by atoms with Crippen molar-refractivity contribution in [2.24, 2.45) is 0 Å². The third-order valence-electron chi connectivity index (χ3n) is 3.46. The topological polar surface area (TPSA) is 73.2 Å². The molecule has 6 nitrogen and oxygen atoms in total. The first-order valence-electron chi connectivity index (χ1n) is 6.99. The molecule has 3 aromatic rings. The zero-order valence-electron chi connectivity index (χ0n) is 12.9. The van der Waals surface area contributed by atoms with Crippen LogP contribution >= 0.6 is 22.7 Å². The van der Waals surface area contributed by atoms with Crippen molar-refractivity contribution in [3.8, 4) is 0 Å². The minimum Gasteiger partial charge on any atom is -0.465 e. The normalized spacial score (nSPS) is 10.9. The molecule has 0 saturated carbocycles. The zero-order valence-corrected chi connectivity index (χ0v) is 14.5. The maximum Gasteiger partial charge on any atom is 0.350 e. The van der Waals surface area contributed by atoms with E-state index < -0.39 is 5.97 Å². The van der Waals surface area contributed by atoms with E-state index in [9.17, 15) is 9.59 Å². The van der Waals surface area contributed by atoms with E-state index in [1.165, 1.54) is 7.11 Å². The monoisotopic (exact) mass is 349 g/mol. The molecule has 3 heterocycles. The van der Waals surface area contributed by atoms with Crippen LogP contribution in [0.3, 0.4) is 0 Å². The Labute approximate surface area is 140 Å². The van der Waals surface area contributed by atoms with Crippen molar-refractivity contribution >= 4 is 49.9 Å². The van der Waals surface area contributed by atoms with E-state index in [0.717, 1.165) is 21.6 Å². The van der Waals surface area contributed by atoms with Crippen molar-refractivity contribution < 1.29 is 14.3 Å². The number of hydrogen-bond acceptors (Lipinski definition) is 6. The first-order chi connectivity index (χ1) is 11.0. The van der Waals surface area contributed by atoms with Crippen molar-refractivity contribution in [1.82, 2.24) is 9.55 Å².